The van der Waals surface area contributed by atoms with Gasteiger partial charge in [-0.3, -0.25) is 9.11 Å². The lowest BCUT2D eigenvalue weighted by atomic mass is 9.87. The summed E-state index contributed by atoms with van der Waals surface area (Å²) in [6.07, 6.45) is 7.60. The van der Waals surface area contributed by atoms with Gasteiger partial charge < -0.3 is 14.6 Å². The third-order valence-corrected chi connectivity index (χ3v) is 11.0. The van der Waals surface area contributed by atoms with Crippen LogP contribution >= 0.6 is 0 Å². The first-order valence-corrected chi connectivity index (χ1v) is 29.0. The highest BCUT2D eigenvalue weighted by molar-refractivity contribution is 7.86. The van der Waals surface area contributed by atoms with E-state index < -0.39 is 52.1 Å². The molecule has 5 rings (SSSR count). The topological polar surface area (TPSA) is 301 Å². The zero-order valence-electron chi connectivity index (χ0n) is 43.3. The number of aromatic hydroxyl groups is 1. The normalized spacial score (nSPS) is 10.1. The van der Waals surface area contributed by atoms with E-state index in [0.29, 0.717) is 24.8 Å². The summed E-state index contributed by atoms with van der Waals surface area (Å²) in [7, 11) is -13.6. The largest absolute Gasteiger partial charge is 0.508 e. The van der Waals surface area contributed by atoms with Gasteiger partial charge in [-0.25, -0.2) is 0 Å². The Labute approximate surface area is 442 Å². The van der Waals surface area contributed by atoms with Crippen molar-refractivity contribution in [3.05, 3.63) is 160 Å². The van der Waals surface area contributed by atoms with Crippen LogP contribution in [-0.4, -0.2) is 94.7 Å². The average molecular weight is 1130 g/mol. The Morgan fingerprint density at radius 1 is 0.500 bits per heavy atom. The van der Waals surface area contributed by atoms with E-state index in [9.17, 15) is 21.9 Å². The van der Waals surface area contributed by atoms with E-state index >= 15 is 0 Å². The Bertz CT molecular complexity index is 2790. The van der Waals surface area contributed by atoms with Crippen LogP contribution in [0.2, 0.25) is 0 Å². The summed E-state index contributed by atoms with van der Waals surface area (Å²) < 4.78 is 145. The number of para-hydroxylation sites is 1. The molecule has 0 aliphatic carbocycles. The third kappa shape index (κ3) is 47.2. The minimum absolute atomic E-state index is 0.139. The molecule has 23 heteroatoms. The molecule has 0 spiro atoms. The zero-order chi connectivity index (χ0) is 57.3. The fraction of sp³-hybridized carbons (Fsp3) is 0.412. The summed E-state index contributed by atoms with van der Waals surface area (Å²) in [5.74, 6) is 1.66. The van der Waals surface area contributed by atoms with Crippen molar-refractivity contribution < 1.29 is 78.4 Å². The molecule has 0 heterocycles. The third-order valence-electron chi connectivity index (χ3n) is 9.41. The Morgan fingerprint density at radius 3 is 1.35 bits per heavy atom. The molecule has 74 heavy (non-hydrogen) atoms. The zero-order valence-corrected chi connectivity index (χ0v) is 47.4. The molecule has 0 unspecified atom stereocenters. The van der Waals surface area contributed by atoms with Crippen LogP contribution in [0.1, 0.15) is 106 Å². The van der Waals surface area contributed by atoms with Crippen molar-refractivity contribution >= 4 is 52.1 Å². The highest BCUT2D eigenvalue weighted by Crippen LogP contribution is 2.22. The lowest BCUT2D eigenvalue weighted by molar-refractivity contribution is 0.411. The number of hydrogen-bond acceptors (Lipinski definition) is 16. The number of aryl methyl sites for hydroxylation is 6. The summed E-state index contributed by atoms with van der Waals surface area (Å²) in [5, 5.41) is 9.33. The molecule has 5 aromatic carbocycles. The van der Waals surface area contributed by atoms with Gasteiger partial charge in [-0.2, -0.15) is 16.8 Å². The summed E-state index contributed by atoms with van der Waals surface area (Å²) >= 11 is 0. The van der Waals surface area contributed by atoms with Gasteiger partial charge in [0.1, 0.15) is 17.2 Å². The van der Waals surface area contributed by atoms with Gasteiger partial charge >= 0.3 is 31.8 Å². The maximum Gasteiger partial charge on any atom is 0.425 e. The number of benzene rings is 5. The molecule has 0 fully saturated rings. The van der Waals surface area contributed by atoms with Gasteiger partial charge in [-0.15, -0.1) is 37.9 Å². The van der Waals surface area contributed by atoms with Gasteiger partial charge in [0.2, 0.25) is 0 Å². The van der Waals surface area contributed by atoms with Crippen LogP contribution in [0, 0.1) is 13.8 Å². The lowest BCUT2D eigenvalue weighted by Gasteiger charge is -2.18. The Balaban J connectivity index is -0.000000808. The van der Waals surface area contributed by atoms with E-state index in [2.05, 4.69) is 97.0 Å². The Morgan fingerprint density at radius 2 is 0.932 bits per heavy atom. The van der Waals surface area contributed by atoms with E-state index in [1.807, 2.05) is 48.5 Å². The molecule has 3 N–H and O–H groups in total. The monoisotopic (exact) mass is 1130 g/mol. The predicted octanol–water partition coefficient (Wildman–Crippen LogP) is 8.99. The van der Waals surface area contributed by atoms with E-state index in [4.69, 9.17) is 56.5 Å². The average Bonchev–Trinajstić information content (AvgIpc) is 3.29. The van der Waals surface area contributed by atoms with Crippen LogP contribution in [0.25, 0.3) is 0 Å². The molecule has 0 aliphatic heterocycles. The van der Waals surface area contributed by atoms with E-state index in [1.165, 1.54) is 46.2 Å². The fourth-order valence-electron chi connectivity index (χ4n) is 5.94. The van der Waals surface area contributed by atoms with Crippen molar-refractivity contribution in [1.29, 1.82) is 0 Å². The smallest absolute Gasteiger partial charge is 0.425 e. The van der Waals surface area contributed by atoms with Gasteiger partial charge in [-0.05, 0) is 122 Å². The second-order valence-corrected chi connectivity index (χ2v) is 21.0. The van der Waals surface area contributed by atoms with Gasteiger partial charge in [0.05, 0.1) is 25.7 Å². The van der Waals surface area contributed by atoms with E-state index in [-0.39, 0.29) is 22.7 Å². The second kappa shape index (κ2) is 41.5. The summed E-state index contributed by atoms with van der Waals surface area (Å²) in [4.78, 5) is 0. The maximum absolute atomic E-state index is 10.4. The van der Waals surface area contributed by atoms with Crippen molar-refractivity contribution in [1.82, 2.24) is 0 Å². The van der Waals surface area contributed by atoms with Crippen LogP contribution in [0.15, 0.2) is 121 Å². The van der Waals surface area contributed by atoms with E-state index in [0.717, 1.165) is 37.2 Å². The van der Waals surface area contributed by atoms with Crippen molar-refractivity contribution in [2.45, 2.75) is 112 Å². The van der Waals surface area contributed by atoms with Crippen molar-refractivity contribution in [3.8, 4) is 17.2 Å². The number of hydrogen-bond donors (Lipinski definition) is 3. The van der Waals surface area contributed by atoms with Crippen molar-refractivity contribution in [3.63, 3.8) is 0 Å². The van der Waals surface area contributed by atoms with Crippen LogP contribution in [-0.2, 0) is 83.2 Å². The summed E-state index contributed by atoms with van der Waals surface area (Å²) in [6.45, 7) is 15.3. The highest BCUT2D eigenvalue weighted by atomic mass is 32.2. The van der Waals surface area contributed by atoms with Gasteiger partial charge in [0.25, 0.3) is 20.2 Å². The highest BCUT2D eigenvalue weighted by Gasteiger charge is 2.12. The molecule has 414 valence electrons. The first kappa shape index (κ1) is 72.4. The first-order chi connectivity index (χ1) is 34.4. The molecule has 0 radical (unpaired) electrons. The fourth-order valence-corrected chi connectivity index (χ4v) is 7.02. The van der Waals surface area contributed by atoms with Gasteiger partial charge in [-0.1, -0.05) is 150 Å². The van der Waals surface area contributed by atoms with Crippen LogP contribution in [0.3, 0.4) is 0 Å². The molecule has 0 saturated heterocycles. The minimum Gasteiger partial charge on any atom is -0.508 e. The van der Waals surface area contributed by atoms with Crippen LogP contribution < -0.4 is 9.47 Å². The van der Waals surface area contributed by atoms with Gasteiger partial charge in [0.15, 0.2) is 0 Å². The second-order valence-electron chi connectivity index (χ2n) is 16.6. The first-order valence-electron chi connectivity index (χ1n) is 22.8. The Hall–Kier alpha value is -5.82. The molecule has 0 aromatic heterocycles. The molecule has 0 saturated carbocycles. The predicted molar refractivity (Wildman–Crippen MR) is 286 cm³/mol. The quantitative estimate of drug-likeness (QED) is 0.0650. The van der Waals surface area contributed by atoms with Crippen LogP contribution in [0.4, 0.5) is 0 Å². The molecule has 5 aromatic rings. The van der Waals surface area contributed by atoms with Crippen LogP contribution in [0.5, 0.6) is 17.2 Å². The number of unbranched alkanes of at least 4 members (excludes halogenated alkanes) is 1. The summed E-state index contributed by atoms with van der Waals surface area (Å²) in [5.41, 5.74) is 8.92. The SMILES string of the molecule is CCCc1ccc(OC)c(C)c1.CCCc1ccc(OC)cc1.Cc1ccc(C(C)(C)C)cc1.O=S(=O)(O)CCCCc1ccccc1.O=S(=O)(O)CCCc1ccccc1O.O=S(=O)=O.O=S(=O)=O.O=S(=O)=O. The number of methoxy groups -OCH3 is 2. The molecule has 0 aliphatic rings. The molecular weight excluding hydrogens is 1060 g/mol. The Kier molecular flexibility index (Phi) is 40.6. The minimum atomic E-state index is -3.89. The van der Waals surface area contributed by atoms with Crippen molar-refractivity contribution in [2.75, 3.05) is 25.7 Å². The number of ether oxygens (including phenoxy) is 2. The summed E-state index contributed by atoms with van der Waals surface area (Å²) in [6, 6.07) is 40.0. The molecule has 0 bridgehead atoms. The number of phenols is 1. The van der Waals surface area contributed by atoms with Crippen molar-refractivity contribution in [2.24, 2.45) is 0 Å². The number of rotatable bonds is 15. The van der Waals surface area contributed by atoms with E-state index in [1.54, 1.807) is 38.5 Å². The standard InChI is InChI=1S/C11H16O.C11H16.C10H14O3S.C10H14O.C9H12O4S.3O3S/c1-4-5-10-6-7-11(12-3)9(2)8-10;1-9-5-7-10(8-6-9)11(2,3)4;11-14(12,13)9-5-4-8-10-6-2-1-3-7-10;1-3-4-9-5-7-10(11-2)8-6-9;10-9-6-2-1-4-8(9)5-3-7-14(11,12)13;3*1-4(2)3/h6-8H,4-5H2,1-3H3;5-8H,1-4H3;1-3,6-7H,4-5,8-9H2,(H,11,12,13);5-8H,3-4H2,1-2H3;1-2,4,6,10H,3,5,7H2,(H,11,12,13);;;. The molecule has 0 atom stereocenters. The maximum atomic E-state index is 10.4. The lowest BCUT2D eigenvalue weighted by Crippen LogP contribution is -2.10. The molecule has 0 amide bonds. The van der Waals surface area contributed by atoms with Gasteiger partial charge in [0, 0.05) is 0 Å². The number of phenolic OH excluding ortho intramolecular Hbond substituents is 1. The molecular formula is C51H72O18S5. The molecule has 18 nitrogen and oxygen atoms in total.